The van der Waals surface area contributed by atoms with E-state index >= 15 is 0 Å². The molecule has 2 aromatic rings. The summed E-state index contributed by atoms with van der Waals surface area (Å²) in [7, 11) is 0. The van der Waals surface area contributed by atoms with E-state index in [9.17, 15) is 4.39 Å². The molecule has 0 aliphatic carbocycles. The van der Waals surface area contributed by atoms with Gasteiger partial charge < -0.3 is 10.1 Å². The van der Waals surface area contributed by atoms with Gasteiger partial charge in [-0.15, -0.1) is 0 Å². The van der Waals surface area contributed by atoms with Crippen molar-refractivity contribution >= 4 is 0 Å². The Morgan fingerprint density at radius 3 is 2.96 bits per heavy atom. The Labute approximate surface area is 136 Å². The van der Waals surface area contributed by atoms with Gasteiger partial charge in [-0.1, -0.05) is 0 Å². The molecule has 4 nitrogen and oxygen atoms in total. The third-order valence-corrected chi connectivity index (χ3v) is 4.12. The van der Waals surface area contributed by atoms with E-state index < -0.39 is 0 Å². The molecule has 0 saturated heterocycles. The Morgan fingerprint density at radius 1 is 1.39 bits per heavy atom. The Morgan fingerprint density at radius 2 is 2.22 bits per heavy atom. The molecule has 1 N–H and O–H groups in total. The molecule has 0 bridgehead atoms. The number of halogens is 1. The Kier molecular flexibility index (Phi) is 4.39. The van der Waals surface area contributed by atoms with E-state index in [1.807, 2.05) is 10.9 Å². The fourth-order valence-electron chi connectivity index (χ4n) is 2.82. The van der Waals surface area contributed by atoms with Crippen molar-refractivity contribution in [1.82, 2.24) is 15.1 Å². The van der Waals surface area contributed by atoms with Gasteiger partial charge in [-0.3, -0.25) is 4.68 Å². The zero-order chi connectivity index (χ0) is 16.4. The molecule has 0 amide bonds. The van der Waals surface area contributed by atoms with Crippen LogP contribution in [0.25, 0.3) is 0 Å². The number of fused-ring (bicyclic) bond motifs is 1. The van der Waals surface area contributed by atoms with Crippen molar-refractivity contribution in [3.63, 3.8) is 0 Å². The van der Waals surface area contributed by atoms with Gasteiger partial charge in [0.25, 0.3) is 0 Å². The highest BCUT2D eigenvalue weighted by molar-refractivity contribution is 5.37. The summed E-state index contributed by atoms with van der Waals surface area (Å²) in [6.45, 7) is 7.76. The lowest BCUT2D eigenvalue weighted by Crippen LogP contribution is -2.22. The maximum atomic E-state index is 13.6. The molecule has 1 aliphatic heterocycles. The Bertz CT molecular complexity index is 675. The van der Waals surface area contributed by atoms with Gasteiger partial charge in [-0.25, -0.2) is 4.39 Å². The fourth-order valence-corrected chi connectivity index (χ4v) is 2.82. The van der Waals surface area contributed by atoms with Crippen LogP contribution in [0.3, 0.4) is 0 Å². The standard InChI is InChI=1S/C18H24FN3O/c1-18(2,3)22-12-13(11-21-22)10-20-16-5-4-8-23-17-7-6-14(19)9-15(16)17/h6-7,9,11-12,16,20H,4-5,8,10H2,1-3H3/t16-/m1/s1. The monoisotopic (exact) mass is 317 g/mol. The molecule has 0 unspecified atom stereocenters. The molecule has 124 valence electrons. The summed E-state index contributed by atoms with van der Waals surface area (Å²) in [5.74, 6) is 0.563. The minimum absolute atomic E-state index is 0.0237. The van der Waals surface area contributed by atoms with Gasteiger partial charge in [0.15, 0.2) is 0 Å². The van der Waals surface area contributed by atoms with Crippen molar-refractivity contribution in [3.05, 3.63) is 47.5 Å². The highest BCUT2D eigenvalue weighted by atomic mass is 19.1. The van der Waals surface area contributed by atoms with Crippen LogP contribution >= 0.6 is 0 Å². The SMILES string of the molecule is CC(C)(C)n1cc(CN[C@@H]2CCCOc3ccc(F)cc32)cn1. The van der Waals surface area contributed by atoms with Gasteiger partial charge in [0, 0.05) is 29.9 Å². The van der Waals surface area contributed by atoms with Crippen LogP contribution in [0.5, 0.6) is 5.75 Å². The van der Waals surface area contributed by atoms with E-state index in [0.717, 1.165) is 29.7 Å². The van der Waals surface area contributed by atoms with Gasteiger partial charge in [0.05, 0.1) is 18.3 Å². The molecular weight excluding hydrogens is 293 g/mol. The van der Waals surface area contributed by atoms with Gasteiger partial charge in [0.2, 0.25) is 0 Å². The number of nitrogens with zero attached hydrogens (tertiary/aromatic N) is 2. The van der Waals surface area contributed by atoms with Crippen molar-refractivity contribution in [2.24, 2.45) is 0 Å². The summed E-state index contributed by atoms with van der Waals surface area (Å²) in [6.07, 6.45) is 5.84. The van der Waals surface area contributed by atoms with Gasteiger partial charge >= 0.3 is 0 Å². The molecule has 1 atom stereocenters. The van der Waals surface area contributed by atoms with E-state index in [0.29, 0.717) is 13.2 Å². The predicted octanol–water partition coefficient (Wildman–Crippen LogP) is 3.78. The summed E-state index contributed by atoms with van der Waals surface area (Å²) in [6, 6.07) is 4.86. The van der Waals surface area contributed by atoms with Crippen molar-refractivity contribution in [2.45, 2.75) is 51.7 Å². The van der Waals surface area contributed by atoms with Crippen LogP contribution in [0.2, 0.25) is 0 Å². The smallest absolute Gasteiger partial charge is 0.124 e. The number of benzene rings is 1. The molecule has 1 aromatic heterocycles. The molecular formula is C18H24FN3O. The molecule has 3 rings (SSSR count). The second-order valence-corrected chi connectivity index (χ2v) is 7.07. The Balaban J connectivity index is 1.73. The fraction of sp³-hybridized carbons (Fsp3) is 0.500. The molecule has 2 heterocycles. The summed E-state index contributed by atoms with van der Waals surface area (Å²) in [5.41, 5.74) is 2.01. The van der Waals surface area contributed by atoms with Crippen LogP contribution in [0, 0.1) is 5.82 Å². The zero-order valence-corrected chi connectivity index (χ0v) is 14.0. The molecule has 23 heavy (non-hydrogen) atoms. The second-order valence-electron chi connectivity index (χ2n) is 7.07. The van der Waals surface area contributed by atoms with E-state index in [4.69, 9.17) is 4.74 Å². The molecule has 0 spiro atoms. The maximum absolute atomic E-state index is 13.6. The van der Waals surface area contributed by atoms with Gasteiger partial charge in [-0.05, 0) is 51.8 Å². The first-order chi connectivity index (χ1) is 10.9. The number of hydrogen-bond donors (Lipinski definition) is 1. The maximum Gasteiger partial charge on any atom is 0.124 e. The molecule has 0 fully saturated rings. The van der Waals surface area contributed by atoms with E-state index in [-0.39, 0.29) is 17.4 Å². The summed E-state index contributed by atoms with van der Waals surface area (Å²) < 4.78 is 21.3. The largest absolute Gasteiger partial charge is 0.493 e. The first-order valence-electron chi connectivity index (χ1n) is 8.13. The molecule has 1 aliphatic rings. The lowest BCUT2D eigenvalue weighted by atomic mass is 10.0. The third-order valence-electron chi connectivity index (χ3n) is 4.12. The van der Waals surface area contributed by atoms with Crippen molar-refractivity contribution < 1.29 is 9.13 Å². The van der Waals surface area contributed by atoms with Crippen LogP contribution in [0.1, 0.15) is 50.8 Å². The third kappa shape index (κ3) is 3.72. The molecule has 5 heteroatoms. The average Bonchev–Trinajstić information content (AvgIpc) is 2.88. The number of ether oxygens (including phenoxy) is 1. The lowest BCUT2D eigenvalue weighted by Gasteiger charge is -2.19. The Hall–Kier alpha value is -1.88. The summed E-state index contributed by atoms with van der Waals surface area (Å²) >= 11 is 0. The summed E-state index contributed by atoms with van der Waals surface area (Å²) in [4.78, 5) is 0. The normalized spacial score (nSPS) is 18.2. The lowest BCUT2D eigenvalue weighted by molar-refractivity contribution is 0.315. The quantitative estimate of drug-likeness (QED) is 0.936. The van der Waals surface area contributed by atoms with Crippen molar-refractivity contribution in [3.8, 4) is 5.75 Å². The van der Waals surface area contributed by atoms with Gasteiger partial charge in [0.1, 0.15) is 11.6 Å². The van der Waals surface area contributed by atoms with Crippen molar-refractivity contribution in [1.29, 1.82) is 0 Å². The second kappa shape index (κ2) is 6.32. The van der Waals surface area contributed by atoms with E-state index in [1.165, 1.54) is 6.07 Å². The topological polar surface area (TPSA) is 39.1 Å². The average molecular weight is 317 g/mol. The molecule has 0 saturated carbocycles. The van der Waals surface area contributed by atoms with Crippen LogP contribution in [-0.4, -0.2) is 16.4 Å². The van der Waals surface area contributed by atoms with E-state index in [2.05, 4.69) is 37.4 Å². The first kappa shape index (κ1) is 16.0. The van der Waals surface area contributed by atoms with E-state index in [1.54, 1.807) is 12.1 Å². The van der Waals surface area contributed by atoms with Crippen LogP contribution in [0.4, 0.5) is 4.39 Å². The highest BCUT2D eigenvalue weighted by Crippen LogP contribution is 2.32. The minimum Gasteiger partial charge on any atom is -0.493 e. The predicted molar refractivity (Wildman–Crippen MR) is 87.9 cm³/mol. The summed E-state index contributed by atoms with van der Waals surface area (Å²) in [5, 5.41) is 7.95. The number of nitrogens with one attached hydrogen (secondary N) is 1. The molecule has 0 radical (unpaired) electrons. The number of aromatic nitrogens is 2. The highest BCUT2D eigenvalue weighted by Gasteiger charge is 2.20. The zero-order valence-electron chi connectivity index (χ0n) is 14.0. The first-order valence-corrected chi connectivity index (χ1v) is 8.13. The van der Waals surface area contributed by atoms with Crippen LogP contribution < -0.4 is 10.1 Å². The van der Waals surface area contributed by atoms with Crippen LogP contribution in [0.15, 0.2) is 30.6 Å². The number of hydrogen-bond acceptors (Lipinski definition) is 3. The number of rotatable bonds is 3. The molecule has 1 aromatic carbocycles. The van der Waals surface area contributed by atoms with Crippen molar-refractivity contribution in [2.75, 3.05) is 6.61 Å². The van der Waals surface area contributed by atoms with Gasteiger partial charge in [-0.2, -0.15) is 5.10 Å². The van der Waals surface area contributed by atoms with Crippen LogP contribution in [-0.2, 0) is 12.1 Å². The minimum atomic E-state index is -0.221.